The predicted molar refractivity (Wildman–Crippen MR) is 116 cm³/mol. The van der Waals surface area contributed by atoms with Gasteiger partial charge in [0.2, 0.25) is 0 Å². The summed E-state index contributed by atoms with van der Waals surface area (Å²) in [5.74, 6) is -0.0387. The molecule has 0 aliphatic carbocycles. The molecule has 0 spiro atoms. The molecule has 160 valence electrons. The van der Waals surface area contributed by atoms with Crippen LogP contribution in [0.3, 0.4) is 0 Å². The smallest absolute Gasteiger partial charge is 0.255 e. The average molecular weight is 434 g/mol. The summed E-state index contributed by atoms with van der Waals surface area (Å²) in [5, 5.41) is 27.4. The Balaban J connectivity index is 1.77. The van der Waals surface area contributed by atoms with E-state index in [4.69, 9.17) is 5.11 Å². The highest BCUT2D eigenvalue weighted by Gasteiger charge is 2.27. The van der Waals surface area contributed by atoms with Gasteiger partial charge in [0.1, 0.15) is 12.0 Å². The molecule has 2 heterocycles. The van der Waals surface area contributed by atoms with E-state index in [1.165, 1.54) is 31.4 Å². The molecule has 3 rings (SSSR count). The van der Waals surface area contributed by atoms with E-state index in [9.17, 15) is 14.3 Å². The molecule has 0 saturated carbocycles. The summed E-state index contributed by atoms with van der Waals surface area (Å²) in [5.41, 5.74) is 2.59. The molecule has 1 atom stereocenters. The Labute approximate surface area is 177 Å². The Hall–Kier alpha value is -2.82. The first-order chi connectivity index (χ1) is 14.3. The van der Waals surface area contributed by atoms with Gasteiger partial charge >= 0.3 is 0 Å². The summed E-state index contributed by atoms with van der Waals surface area (Å²) in [4.78, 5) is 21.0. The summed E-state index contributed by atoms with van der Waals surface area (Å²) in [6, 6.07) is 7.37. The van der Waals surface area contributed by atoms with Gasteiger partial charge in [0.15, 0.2) is 0 Å². The van der Waals surface area contributed by atoms with Crippen molar-refractivity contribution >= 4 is 44.7 Å². The lowest BCUT2D eigenvalue weighted by Crippen LogP contribution is -2.42. The molecule has 10 heteroatoms. The van der Waals surface area contributed by atoms with Crippen LogP contribution in [-0.2, 0) is 0 Å². The third-order valence-electron chi connectivity index (χ3n) is 4.39. The van der Waals surface area contributed by atoms with Crippen molar-refractivity contribution < 1.29 is 19.4 Å². The highest BCUT2D eigenvalue weighted by Crippen LogP contribution is 2.26. The third kappa shape index (κ3) is 5.41. The van der Waals surface area contributed by atoms with Crippen LogP contribution in [0.15, 0.2) is 36.0 Å². The van der Waals surface area contributed by atoms with Crippen LogP contribution < -0.4 is 16.0 Å². The summed E-state index contributed by atoms with van der Waals surface area (Å²) in [7, 11) is 0. The molecule has 8 nitrogen and oxygen atoms in total. The van der Waals surface area contributed by atoms with Crippen LogP contribution >= 0.6 is 11.3 Å². The Morgan fingerprint density at radius 2 is 2.10 bits per heavy atom. The van der Waals surface area contributed by atoms with E-state index in [1.807, 2.05) is 18.2 Å². The topological polar surface area (TPSA) is 119 Å². The van der Waals surface area contributed by atoms with Gasteiger partial charge in [-0.25, -0.2) is 14.4 Å². The Kier molecular flexibility index (Phi) is 6.80. The number of nitrogens with zero attached hydrogens (tertiary/aromatic N) is 2. The van der Waals surface area contributed by atoms with E-state index in [0.29, 0.717) is 11.5 Å². The first kappa shape index (κ1) is 21.9. The Bertz CT molecular complexity index is 1020. The second-order valence-corrected chi connectivity index (χ2v) is 8.14. The maximum absolute atomic E-state index is 13.9. The molecule has 1 unspecified atom stereocenters. The lowest BCUT2D eigenvalue weighted by Gasteiger charge is -2.22. The van der Waals surface area contributed by atoms with Crippen molar-refractivity contribution in [1.82, 2.24) is 15.3 Å². The maximum atomic E-state index is 13.9. The molecule has 0 saturated heterocycles. The lowest BCUT2D eigenvalue weighted by atomic mass is 10.0. The normalized spacial score (nSPS) is 12.6. The maximum Gasteiger partial charge on any atom is 0.255 e. The second kappa shape index (κ2) is 9.33. The molecule has 0 bridgehead atoms. The average Bonchev–Trinajstić information content (AvgIpc) is 3.17. The largest absolute Gasteiger partial charge is 0.395 e. The Morgan fingerprint density at radius 3 is 2.83 bits per heavy atom. The summed E-state index contributed by atoms with van der Waals surface area (Å²) in [6.07, 6.45) is -0.245. The number of benzene rings is 1. The van der Waals surface area contributed by atoms with Crippen molar-refractivity contribution in [2.45, 2.75) is 25.6 Å². The molecular weight excluding hydrogens is 409 g/mol. The molecule has 1 aromatic carbocycles. The predicted octanol–water partition coefficient (Wildman–Crippen LogP) is 2.68. The number of rotatable bonds is 9. The zero-order valence-electron chi connectivity index (χ0n) is 16.6. The number of carbonyl (C=O) groups is 1. The van der Waals surface area contributed by atoms with Crippen molar-refractivity contribution in [3.05, 3.63) is 41.5 Å². The minimum Gasteiger partial charge on any atom is -0.395 e. The molecule has 0 aliphatic heterocycles. The van der Waals surface area contributed by atoms with Gasteiger partial charge in [0, 0.05) is 24.5 Å². The van der Waals surface area contributed by atoms with Crippen LogP contribution in [0, 0.1) is 0 Å². The zero-order valence-corrected chi connectivity index (χ0v) is 17.5. The monoisotopic (exact) mass is 433 g/mol. The number of alkyl halides is 1. The number of aromatic nitrogens is 2. The number of thiazole rings is 1. The van der Waals surface area contributed by atoms with Crippen LogP contribution in [0.25, 0.3) is 10.2 Å². The van der Waals surface area contributed by atoms with E-state index < -0.39 is 17.7 Å². The number of hydrogen-bond acceptors (Lipinski definition) is 8. The van der Waals surface area contributed by atoms with Crippen LogP contribution in [0.5, 0.6) is 0 Å². The second-order valence-electron chi connectivity index (χ2n) is 7.26. The first-order valence-electron chi connectivity index (χ1n) is 9.37. The van der Waals surface area contributed by atoms with Crippen LogP contribution in [0.2, 0.25) is 0 Å². The van der Waals surface area contributed by atoms with Gasteiger partial charge < -0.3 is 26.2 Å². The van der Waals surface area contributed by atoms with Crippen molar-refractivity contribution in [3.8, 4) is 0 Å². The standard InChI is InChI=1S/C20H24FN5O3S/c1-20(2,29)17(21)10-24-19(28)13-9-23-18(8-15(13)22-5-6-27)26-12-3-4-14-16(7-12)30-11-25-14/h3-4,7-9,11,17,27,29H,5-6,10H2,1-2H3,(H,24,28)(H2,22,23,26). The van der Waals surface area contributed by atoms with Crippen molar-refractivity contribution in [2.75, 3.05) is 30.3 Å². The number of nitrogens with one attached hydrogen (secondary N) is 3. The van der Waals surface area contributed by atoms with Gasteiger partial charge in [-0.2, -0.15) is 0 Å². The Morgan fingerprint density at radius 1 is 1.30 bits per heavy atom. The van der Waals surface area contributed by atoms with Crippen LogP contribution in [0.1, 0.15) is 24.2 Å². The molecule has 1 amide bonds. The quantitative estimate of drug-likeness (QED) is 0.352. The fourth-order valence-electron chi connectivity index (χ4n) is 2.65. The SMILES string of the molecule is CC(C)(O)C(F)CNC(=O)c1cnc(Nc2ccc3ncsc3c2)cc1NCCO. The number of aliphatic hydroxyl groups excluding tert-OH is 1. The van der Waals surface area contributed by atoms with E-state index >= 15 is 0 Å². The summed E-state index contributed by atoms with van der Waals surface area (Å²) >= 11 is 1.53. The first-order valence-corrected chi connectivity index (χ1v) is 10.3. The highest BCUT2D eigenvalue weighted by atomic mass is 32.1. The molecule has 5 N–H and O–H groups in total. The van der Waals surface area contributed by atoms with E-state index in [-0.39, 0.29) is 25.3 Å². The zero-order chi connectivity index (χ0) is 21.7. The highest BCUT2D eigenvalue weighted by molar-refractivity contribution is 7.16. The van der Waals surface area contributed by atoms with E-state index in [0.717, 1.165) is 15.9 Å². The number of fused-ring (bicyclic) bond motifs is 1. The van der Waals surface area contributed by atoms with Crippen LogP contribution in [0.4, 0.5) is 21.6 Å². The molecule has 3 aromatic rings. The molecule has 0 fully saturated rings. The number of hydrogen-bond donors (Lipinski definition) is 5. The number of halogens is 1. The van der Waals surface area contributed by atoms with Gasteiger partial charge in [-0.15, -0.1) is 11.3 Å². The summed E-state index contributed by atoms with van der Waals surface area (Å²) in [6.45, 7) is 2.44. The fourth-order valence-corrected chi connectivity index (χ4v) is 3.37. The van der Waals surface area contributed by atoms with E-state index in [2.05, 4.69) is 25.9 Å². The van der Waals surface area contributed by atoms with Gasteiger partial charge in [-0.3, -0.25) is 4.79 Å². The van der Waals surface area contributed by atoms with Crippen molar-refractivity contribution in [1.29, 1.82) is 0 Å². The van der Waals surface area contributed by atoms with Gasteiger partial charge in [0.25, 0.3) is 5.91 Å². The molecule has 0 radical (unpaired) electrons. The van der Waals surface area contributed by atoms with Crippen molar-refractivity contribution in [3.63, 3.8) is 0 Å². The number of carbonyl (C=O) groups excluding carboxylic acids is 1. The lowest BCUT2D eigenvalue weighted by molar-refractivity contribution is -0.00177. The third-order valence-corrected chi connectivity index (χ3v) is 5.18. The number of pyridine rings is 1. The minimum absolute atomic E-state index is 0.126. The van der Waals surface area contributed by atoms with Gasteiger partial charge in [-0.05, 0) is 32.0 Å². The number of aliphatic hydroxyl groups is 2. The molecule has 30 heavy (non-hydrogen) atoms. The fraction of sp³-hybridized carbons (Fsp3) is 0.350. The van der Waals surface area contributed by atoms with Crippen LogP contribution in [-0.4, -0.2) is 57.6 Å². The number of anilines is 3. The molecular formula is C20H24FN5O3S. The van der Waals surface area contributed by atoms with Gasteiger partial charge in [0.05, 0.1) is 45.7 Å². The van der Waals surface area contributed by atoms with E-state index in [1.54, 1.807) is 11.6 Å². The summed E-state index contributed by atoms with van der Waals surface area (Å²) < 4.78 is 15.0. The van der Waals surface area contributed by atoms with Crippen molar-refractivity contribution in [2.24, 2.45) is 0 Å². The number of amides is 1. The van der Waals surface area contributed by atoms with Gasteiger partial charge in [-0.1, -0.05) is 0 Å². The molecule has 2 aromatic heterocycles. The molecule has 0 aliphatic rings. The minimum atomic E-state index is -1.62.